The Morgan fingerprint density at radius 1 is 1.14 bits per heavy atom. The van der Waals surface area contributed by atoms with Gasteiger partial charge in [0.15, 0.2) is 0 Å². The number of nitrogens with zero attached hydrogens (tertiary/aromatic N) is 2. The van der Waals surface area contributed by atoms with Crippen molar-refractivity contribution < 1.29 is 9.84 Å². The van der Waals surface area contributed by atoms with E-state index >= 15 is 0 Å². The molecular formula is C21H19N3O4S. The molecule has 2 aromatic carbocycles. The van der Waals surface area contributed by atoms with E-state index in [2.05, 4.69) is 9.97 Å². The zero-order chi connectivity index (χ0) is 20.4. The van der Waals surface area contributed by atoms with Gasteiger partial charge in [0.25, 0.3) is 5.56 Å². The Morgan fingerprint density at radius 2 is 1.90 bits per heavy atom. The van der Waals surface area contributed by atoms with Crippen LogP contribution in [-0.4, -0.2) is 26.2 Å². The first-order valence-corrected chi connectivity index (χ1v) is 9.92. The van der Waals surface area contributed by atoms with Gasteiger partial charge in [0, 0.05) is 6.42 Å². The molecule has 4 rings (SSSR count). The van der Waals surface area contributed by atoms with Crippen molar-refractivity contribution in [2.75, 3.05) is 6.61 Å². The lowest BCUT2D eigenvalue weighted by atomic mass is 10.1. The number of hydrogen-bond donors (Lipinski definition) is 2. The van der Waals surface area contributed by atoms with Gasteiger partial charge in [-0.3, -0.25) is 19.1 Å². The molecule has 0 spiro atoms. The van der Waals surface area contributed by atoms with Gasteiger partial charge in [0.05, 0.1) is 22.3 Å². The van der Waals surface area contributed by atoms with E-state index in [9.17, 15) is 14.7 Å². The Balaban J connectivity index is 1.41. The van der Waals surface area contributed by atoms with Crippen molar-refractivity contribution in [2.24, 2.45) is 0 Å². The van der Waals surface area contributed by atoms with Gasteiger partial charge in [-0.15, -0.1) is 0 Å². The molecule has 2 heterocycles. The number of H-pyrrole nitrogens is 1. The summed E-state index contributed by atoms with van der Waals surface area (Å²) in [6.45, 7) is 2.54. The lowest BCUT2D eigenvalue weighted by molar-refractivity contribution is 0.294. The Bertz CT molecular complexity index is 1270. The summed E-state index contributed by atoms with van der Waals surface area (Å²) in [4.78, 5) is 31.1. The van der Waals surface area contributed by atoms with Crippen LogP contribution in [-0.2, 0) is 13.0 Å². The molecule has 0 aliphatic heterocycles. The minimum Gasteiger partial charge on any atom is -0.494 e. The summed E-state index contributed by atoms with van der Waals surface area (Å²) in [7, 11) is 0. The zero-order valence-electron chi connectivity index (χ0n) is 15.7. The van der Waals surface area contributed by atoms with Crippen LogP contribution in [0.15, 0.2) is 58.1 Å². The second-order valence-corrected chi connectivity index (χ2v) is 7.66. The second kappa shape index (κ2) is 7.92. The molecule has 0 aliphatic rings. The molecule has 0 bridgehead atoms. The second-order valence-electron chi connectivity index (χ2n) is 6.59. The highest BCUT2D eigenvalue weighted by Gasteiger charge is 2.09. The molecule has 0 saturated carbocycles. The highest BCUT2D eigenvalue weighted by Crippen LogP contribution is 2.21. The average Bonchev–Trinajstić information content (AvgIpc) is 3.02. The first-order chi connectivity index (χ1) is 14.0. The number of rotatable bonds is 6. The Morgan fingerprint density at radius 3 is 2.62 bits per heavy atom. The van der Waals surface area contributed by atoms with Crippen LogP contribution < -0.4 is 15.2 Å². The predicted molar refractivity (Wildman–Crippen MR) is 112 cm³/mol. The maximum Gasteiger partial charge on any atom is 0.307 e. The van der Waals surface area contributed by atoms with E-state index in [-0.39, 0.29) is 16.3 Å². The molecular weight excluding hydrogens is 390 g/mol. The van der Waals surface area contributed by atoms with Crippen LogP contribution in [0.2, 0.25) is 0 Å². The van der Waals surface area contributed by atoms with Crippen molar-refractivity contribution in [3.05, 3.63) is 84.8 Å². The number of fused-ring (bicyclic) bond motifs is 1. The van der Waals surface area contributed by atoms with Gasteiger partial charge in [0.2, 0.25) is 5.88 Å². The molecule has 0 amide bonds. The SMILES string of the molecule is Cc1nc2ccccc2c(=O)n1CCOc1ccc(Cc2sc(=O)[nH]c2O)cc1. The quantitative estimate of drug-likeness (QED) is 0.510. The summed E-state index contributed by atoms with van der Waals surface area (Å²) >= 11 is 0.998. The summed E-state index contributed by atoms with van der Waals surface area (Å²) in [6.07, 6.45) is 0.465. The van der Waals surface area contributed by atoms with Crippen molar-refractivity contribution in [3.8, 4) is 11.6 Å². The fourth-order valence-electron chi connectivity index (χ4n) is 3.16. The molecule has 0 radical (unpaired) electrons. The number of thiazole rings is 1. The van der Waals surface area contributed by atoms with Gasteiger partial charge in [-0.05, 0) is 36.8 Å². The third-order valence-corrected chi connectivity index (χ3v) is 5.50. The highest BCUT2D eigenvalue weighted by atomic mass is 32.1. The van der Waals surface area contributed by atoms with Crippen LogP contribution in [0, 0.1) is 6.92 Å². The molecule has 8 heteroatoms. The van der Waals surface area contributed by atoms with E-state index in [0.717, 1.165) is 16.9 Å². The van der Waals surface area contributed by atoms with Gasteiger partial charge < -0.3 is 9.84 Å². The number of para-hydroxylation sites is 1. The summed E-state index contributed by atoms with van der Waals surface area (Å²) in [6, 6.07) is 14.7. The minimum atomic E-state index is -0.272. The van der Waals surface area contributed by atoms with Gasteiger partial charge >= 0.3 is 4.87 Å². The molecule has 7 nitrogen and oxygen atoms in total. The zero-order valence-corrected chi connectivity index (χ0v) is 16.5. The monoisotopic (exact) mass is 409 g/mol. The van der Waals surface area contributed by atoms with E-state index in [1.807, 2.05) is 49.4 Å². The van der Waals surface area contributed by atoms with E-state index in [1.54, 1.807) is 10.6 Å². The van der Waals surface area contributed by atoms with Gasteiger partial charge in [-0.2, -0.15) is 0 Å². The number of aromatic amines is 1. The fraction of sp³-hybridized carbons (Fsp3) is 0.190. The molecule has 0 saturated heterocycles. The largest absolute Gasteiger partial charge is 0.494 e. The van der Waals surface area contributed by atoms with Crippen molar-refractivity contribution in [3.63, 3.8) is 0 Å². The summed E-state index contributed by atoms with van der Waals surface area (Å²) in [5, 5.41) is 10.3. The van der Waals surface area contributed by atoms with Crippen LogP contribution in [0.5, 0.6) is 11.6 Å². The molecule has 0 aliphatic carbocycles. The number of ether oxygens (including phenoxy) is 1. The standard InChI is InChI=1S/C21H19N3O4S/c1-13-22-17-5-3-2-4-16(17)20(26)24(13)10-11-28-15-8-6-14(7-9-15)12-18-19(25)23-21(27)29-18/h2-9,25H,10-12H2,1H3,(H,23,27). The molecule has 2 aromatic heterocycles. The number of aryl methyl sites for hydroxylation is 1. The third kappa shape index (κ3) is 4.07. The Hall–Kier alpha value is -3.39. The first-order valence-electron chi connectivity index (χ1n) is 9.10. The van der Waals surface area contributed by atoms with E-state index in [1.165, 1.54) is 0 Å². The first kappa shape index (κ1) is 18.9. The predicted octanol–water partition coefficient (Wildman–Crippen LogP) is 2.83. The molecule has 2 N–H and O–H groups in total. The third-order valence-electron chi connectivity index (χ3n) is 4.62. The summed E-state index contributed by atoms with van der Waals surface area (Å²) < 4.78 is 7.39. The van der Waals surface area contributed by atoms with E-state index < -0.39 is 0 Å². The van der Waals surface area contributed by atoms with Crippen molar-refractivity contribution >= 4 is 22.2 Å². The molecule has 0 fully saturated rings. The van der Waals surface area contributed by atoms with Gasteiger partial charge in [0.1, 0.15) is 18.2 Å². The summed E-state index contributed by atoms with van der Waals surface area (Å²) in [5.41, 5.74) is 1.58. The summed E-state index contributed by atoms with van der Waals surface area (Å²) in [5.74, 6) is 1.25. The van der Waals surface area contributed by atoms with Crippen LogP contribution in [0.4, 0.5) is 0 Å². The molecule has 0 unspecified atom stereocenters. The van der Waals surface area contributed by atoms with Crippen LogP contribution in [0.3, 0.4) is 0 Å². The highest BCUT2D eigenvalue weighted by molar-refractivity contribution is 7.09. The molecule has 0 atom stereocenters. The number of nitrogens with one attached hydrogen (secondary N) is 1. The van der Waals surface area contributed by atoms with Crippen LogP contribution in [0.25, 0.3) is 10.9 Å². The van der Waals surface area contributed by atoms with Gasteiger partial charge in [-0.25, -0.2) is 4.98 Å². The molecule has 29 heavy (non-hydrogen) atoms. The number of aromatic nitrogens is 3. The smallest absolute Gasteiger partial charge is 0.307 e. The maximum absolute atomic E-state index is 12.7. The maximum atomic E-state index is 12.7. The normalized spacial score (nSPS) is 11.1. The molecule has 4 aromatic rings. The van der Waals surface area contributed by atoms with Crippen molar-refractivity contribution in [1.82, 2.24) is 14.5 Å². The fourth-order valence-corrected chi connectivity index (χ4v) is 3.92. The number of hydrogen-bond acceptors (Lipinski definition) is 6. The van der Waals surface area contributed by atoms with E-state index in [4.69, 9.17) is 4.74 Å². The Kier molecular flexibility index (Phi) is 5.18. The van der Waals surface area contributed by atoms with Crippen LogP contribution >= 0.6 is 11.3 Å². The average molecular weight is 409 g/mol. The van der Waals surface area contributed by atoms with Crippen molar-refractivity contribution in [1.29, 1.82) is 0 Å². The van der Waals surface area contributed by atoms with Gasteiger partial charge in [-0.1, -0.05) is 35.6 Å². The van der Waals surface area contributed by atoms with Crippen molar-refractivity contribution in [2.45, 2.75) is 19.9 Å². The lowest BCUT2D eigenvalue weighted by Gasteiger charge is -2.12. The minimum absolute atomic E-state index is 0.0719. The topological polar surface area (TPSA) is 97.2 Å². The number of benzene rings is 2. The Labute approximate surface area is 169 Å². The molecule has 148 valence electrons. The lowest BCUT2D eigenvalue weighted by Crippen LogP contribution is -2.26. The van der Waals surface area contributed by atoms with E-state index in [0.29, 0.717) is 46.9 Å². The van der Waals surface area contributed by atoms with Crippen LogP contribution in [0.1, 0.15) is 16.3 Å². The number of aromatic hydroxyl groups is 1.